The molecule has 0 bridgehead atoms. The third kappa shape index (κ3) is 3.36. The van der Waals surface area contributed by atoms with Crippen LogP contribution in [0.5, 0.6) is 0 Å². The molecule has 18 heavy (non-hydrogen) atoms. The van der Waals surface area contributed by atoms with Gasteiger partial charge in [0.2, 0.25) is 0 Å². The molecule has 1 aliphatic rings. The van der Waals surface area contributed by atoms with E-state index in [2.05, 4.69) is 30.1 Å². The molecule has 0 radical (unpaired) electrons. The van der Waals surface area contributed by atoms with Crippen molar-refractivity contribution in [3.8, 4) is 0 Å². The predicted molar refractivity (Wildman–Crippen MR) is 74.5 cm³/mol. The Hall–Kier alpha value is -0.800. The summed E-state index contributed by atoms with van der Waals surface area (Å²) < 4.78 is 5.92. The SMILES string of the molecule is CCC1CCCN(Cc2cc(C)c(CNC)o2)C1. The average Bonchev–Trinajstić information content (AvgIpc) is 2.70. The van der Waals surface area contributed by atoms with E-state index in [0.717, 1.165) is 30.5 Å². The van der Waals surface area contributed by atoms with E-state index < -0.39 is 0 Å². The first-order chi connectivity index (χ1) is 8.72. The van der Waals surface area contributed by atoms with E-state index in [-0.39, 0.29) is 0 Å². The number of aryl methyl sites for hydroxylation is 1. The van der Waals surface area contributed by atoms with Crippen LogP contribution in [0.1, 0.15) is 43.3 Å². The molecule has 1 N–H and O–H groups in total. The van der Waals surface area contributed by atoms with Crippen molar-refractivity contribution < 1.29 is 4.42 Å². The molecule has 0 spiro atoms. The summed E-state index contributed by atoms with van der Waals surface area (Å²) in [7, 11) is 1.96. The minimum Gasteiger partial charge on any atom is -0.463 e. The Labute approximate surface area is 111 Å². The lowest BCUT2D eigenvalue weighted by Gasteiger charge is -2.31. The van der Waals surface area contributed by atoms with Crippen LogP contribution in [0.15, 0.2) is 10.5 Å². The summed E-state index contributed by atoms with van der Waals surface area (Å²) in [5.74, 6) is 3.08. The smallest absolute Gasteiger partial charge is 0.120 e. The lowest BCUT2D eigenvalue weighted by Crippen LogP contribution is -2.34. The zero-order valence-electron chi connectivity index (χ0n) is 12.0. The largest absolute Gasteiger partial charge is 0.463 e. The van der Waals surface area contributed by atoms with Crippen LogP contribution in [0.4, 0.5) is 0 Å². The maximum atomic E-state index is 5.92. The Morgan fingerprint density at radius 1 is 1.50 bits per heavy atom. The zero-order valence-corrected chi connectivity index (χ0v) is 12.0. The second kappa shape index (κ2) is 6.39. The molecule has 3 heteroatoms. The van der Waals surface area contributed by atoms with Gasteiger partial charge in [-0.25, -0.2) is 0 Å². The average molecular weight is 250 g/mol. The first-order valence-corrected chi connectivity index (χ1v) is 7.18. The van der Waals surface area contributed by atoms with Gasteiger partial charge in [-0.2, -0.15) is 0 Å². The second-order valence-electron chi connectivity index (χ2n) is 5.50. The summed E-state index contributed by atoms with van der Waals surface area (Å²) in [5.41, 5.74) is 1.27. The molecule has 1 unspecified atom stereocenters. The number of furan rings is 1. The van der Waals surface area contributed by atoms with Gasteiger partial charge in [-0.15, -0.1) is 0 Å². The van der Waals surface area contributed by atoms with Crippen molar-refractivity contribution in [1.82, 2.24) is 10.2 Å². The van der Waals surface area contributed by atoms with Gasteiger partial charge < -0.3 is 9.73 Å². The van der Waals surface area contributed by atoms with Crippen LogP contribution in [0.25, 0.3) is 0 Å². The molecule has 2 rings (SSSR count). The molecule has 0 saturated carbocycles. The Bertz CT molecular complexity index is 373. The molecule has 1 atom stereocenters. The summed E-state index contributed by atoms with van der Waals surface area (Å²) in [4.78, 5) is 2.54. The molecule has 2 heterocycles. The van der Waals surface area contributed by atoms with E-state index in [1.165, 1.54) is 37.9 Å². The van der Waals surface area contributed by atoms with Crippen molar-refractivity contribution in [2.45, 2.75) is 46.2 Å². The highest BCUT2D eigenvalue weighted by Gasteiger charge is 2.19. The van der Waals surface area contributed by atoms with Gasteiger partial charge in [-0.1, -0.05) is 13.3 Å². The quantitative estimate of drug-likeness (QED) is 0.871. The fourth-order valence-corrected chi connectivity index (χ4v) is 2.85. The van der Waals surface area contributed by atoms with Gasteiger partial charge in [-0.05, 0) is 50.9 Å². The van der Waals surface area contributed by atoms with Crippen LogP contribution in [-0.4, -0.2) is 25.0 Å². The number of nitrogens with zero attached hydrogens (tertiary/aromatic N) is 1. The Morgan fingerprint density at radius 3 is 3.06 bits per heavy atom. The maximum absolute atomic E-state index is 5.92. The number of piperidine rings is 1. The van der Waals surface area contributed by atoms with Crippen LogP contribution >= 0.6 is 0 Å². The third-order valence-electron chi connectivity index (χ3n) is 3.97. The van der Waals surface area contributed by atoms with Gasteiger partial charge in [0, 0.05) is 6.54 Å². The first kappa shape index (κ1) is 13.6. The summed E-state index contributed by atoms with van der Waals surface area (Å²) >= 11 is 0. The van der Waals surface area contributed by atoms with Crippen molar-refractivity contribution in [2.24, 2.45) is 5.92 Å². The fourth-order valence-electron chi connectivity index (χ4n) is 2.85. The minimum atomic E-state index is 0.823. The molecular formula is C15H26N2O. The minimum absolute atomic E-state index is 0.823. The highest BCUT2D eigenvalue weighted by molar-refractivity contribution is 5.20. The predicted octanol–water partition coefficient (Wildman–Crippen LogP) is 2.93. The van der Waals surface area contributed by atoms with Crippen LogP contribution in [0.2, 0.25) is 0 Å². The monoisotopic (exact) mass is 250 g/mol. The maximum Gasteiger partial charge on any atom is 0.120 e. The Kier molecular flexibility index (Phi) is 4.84. The van der Waals surface area contributed by atoms with Crippen molar-refractivity contribution in [3.05, 3.63) is 23.2 Å². The van der Waals surface area contributed by atoms with E-state index in [4.69, 9.17) is 4.42 Å². The number of rotatable bonds is 5. The van der Waals surface area contributed by atoms with Gasteiger partial charge in [0.15, 0.2) is 0 Å². The van der Waals surface area contributed by atoms with Gasteiger partial charge in [0.25, 0.3) is 0 Å². The molecule has 1 aliphatic heterocycles. The normalized spacial score (nSPS) is 21.4. The van der Waals surface area contributed by atoms with E-state index >= 15 is 0 Å². The number of hydrogen-bond acceptors (Lipinski definition) is 3. The molecule has 1 saturated heterocycles. The fraction of sp³-hybridized carbons (Fsp3) is 0.733. The molecular weight excluding hydrogens is 224 g/mol. The zero-order chi connectivity index (χ0) is 13.0. The second-order valence-corrected chi connectivity index (χ2v) is 5.50. The van der Waals surface area contributed by atoms with Crippen molar-refractivity contribution in [3.63, 3.8) is 0 Å². The summed E-state index contributed by atoms with van der Waals surface area (Å²) in [5, 5.41) is 3.15. The molecule has 0 amide bonds. The van der Waals surface area contributed by atoms with E-state index in [9.17, 15) is 0 Å². The lowest BCUT2D eigenvalue weighted by molar-refractivity contribution is 0.154. The molecule has 102 valence electrons. The van der Waals surface area contributed by atoms with Gasteiger partial charge in [0.05, 0.1) is 13.1 Å². The Balaban J connectivity index is 1.94. The molecule has 1 fully saturated rings. The number of hydrogen-bond donors (Lipinski definition) is 1. The van der Waals surface area contributed by atoms with Crippen molar-refractivity contribution in [1.29, 1.82) is 0 Å². The van der Waals surface area contributed by atoms with Crippen LogP contribution in [-0.2, 0) is 13.1 Å². The topological polar surface area (TPSA) is 28.4 Å². The van der Waals surface area contributed by atoms with E-state index in [1.54, 1.807) is 0 Å². The third-order valence-corrected chi connectivity index (χ3v) is 3.97. The standard InChI is InChI=1S/C15H26N2O/c1-4-13-6-5-7-17(10-13)11-14-8-12(2)15(18-14)9-16-3/h8,13,16H,4-7,9-11H2,1-3H3. The van der Waals surface area contributed by atoms with E-state index in [1.807, 2.05) is 7.05 Å². The van der Waals surface area contributed by atoms with Crippen LogP contribution in [0.3, 0.4) is 0 Å². The van der Waals surface area contributed by atoms with Gasteiger partial charge in [0.1, 0.15) is 11.5 Å². The molecule has 1 aromatic heterocycles. The van der Waals surface area contributed by atoms with Crippen molar-refractivity contribution >= 4 is 0 Å². The molecule has 0 aromatic carbocycles. The summed E-state index contributed by atoms with van der Waals surface area (Å²) in [6, 6.07) is 2.20. The van der Waals surface area contributed by atoms with Gasteiger partial charge >= 0.3 is 0 Å². The molecule has 0 aliphatic carbocycles. The van der Waals surface area contributed by atoms with Crippen LogP contribution in [0, 0.1) is 12.8 Å². The summed E-state index contributed by atoms with van der Waals surface area (Å²) in [6.45, 7) is 8.68. The molecule has 1 aromatic rings. The van der Waals surface area contributed by atoms with Gasteiger partial charge in [-0.3, -0.25) is 4.90 Å². The first-order valence-electron chi connectivity index (χ1n) is 7.18. The Morgan fingerprint density at radius 2 is 2.33 bits per heavy atom. The number of nitrogens with one attached hydrogen (secondary N) is 1. The lowest BCUT2D eigenvalue weighted by atomic mass is 9.96. The summed E-state index contributed by atoms with van der Waals surface area (Å²) in [6.07, 6.45) is 4.04. The molecule has 3 nitrogen and oxygen atoms in total. The van der Waals surface area contributed by atoms with Crippen LogP contribution < -0.4 is 5.32 Å². The number of likely N-dealkylation sites (tertiary alicyclic amines) is 1. The van der Waals surface area contributed by atoms with Crippen molar-refractivity contribution in [2.75, 3.05) is 20.1 Å². The highest BCUT2D eigenvalue weighted by Crippen LogP contribution is 2.22. The highest BCUT2D eigenvalue weighted by atomic mass is 16.3. The van der Waals surface area contributed by atoms with E-state index in [0.29, 0.717) is 0 Å².